The van der Waals surface area contributed by atoms with E-state index in [0.29, 0.717) is 16.4 Å². The first-order valence-electron chi connectivity index (χ1n) is 7.56. The summed E-state index contributed by atoms with van der Waals surface area (Å²) in [6.07, 6.45) is 0. The lowest BCUT2D eigenvalue weighted by atomic mass is 10.1. The maximum absolute atomic E-state index is 12.3. The normalized spacial score (nSPS) is 12.7. The van der Waals surface area contributed by atoms with Gasteiger partial charge < -0.3 is 5.32 Å². The Morgan fingerprint density at radius 1 is 1.21 bits per heavy atom. The zero-order valence-electron chi connectivity index (χ0n) is 14.4. The molecule has 1 aromatic heterocycles. The van der Waals surface area contributed by atoms with Crippen LogP contribution >= 0.6 is 11.8 Å². The van der Waals surface area contributed by atoms with Crippen molar-refractivity contribution in [2.45, 2.75) is 50.6 Å². The summed E-state index contributed by atoms with van der Waals surface area (Å²) in [4.78, 5) is 23.6. The van der Waals surface area contributed by atoms with Gasteiger partial charge in [-0.05, 0) is 69.3 Å². The van der Waals surface area contributed by atoms with E-state index in [2.05, 4.69) is 20.8 Å². The number of thioether (sulfide) groups is 1. The molecule has 1 N–H and O–H groups in total. The number of aromatic nitrogens is 4. The standard InChI is InChI=1S/C16H21N5O2S/c1-10(22)12-6-8-13(9-7-12)17-14(23)11(2)24-15-18-19-20-21(15)16(3,4)5/h6-9,11H,1-5H3,(H,17,23). The fraction of sp³-hybridized carbons (Fsp3) is 0.438. The second kappa shape index (κ2) is 7.12. The molecule has 0 saturated heterocycles. The van der Waals surface area contributed by atoms with Gasteiger partial charge in [0, 0.05) is 11.3 Å². The summed E-state index contributed by atoms with van der Waals surface area (Å²) in [5.41, 5.74) is 0.998. The third kappa shape index (κ3) is 4.41. The molecule has 1 amide bonds. The number of anilines is 1. The van der Waals surface area contributed by atoms with Crippen LogP contribution < -0.4 is 5.32 Å². The first kappa shape index (κ1) is 18.1. The van der Waals surface area contributed by atoms with Crippen molar-refractivity contribution in [2.24, 2.45) is 0 Å². The minimum absolute atomic E-state index is 0.00850. The van der Waals surface area contributed by atoms with E-state index >= 15 is 0 Å². The van der Waals surface area contributed by atoms with E-state index in [9.17, 15) is 9.59 Å². The zero-order valence-corrected chi connectivity index (χ0v) is 15.2. The summed E-state index contributed by atoms with van der Waals surface area (Å²) < 4.78 is 1.70. The summed E-state index contributed by atoms with van der Waals surface area (Å²) in [6, 6.07) is 6.81. The Morgan fingerprint density at radius 2 is 1.83 bits per heavy atom. The van der Waals surface area contributed by atoms with E-state index in [4.69, 9.17) is 0 Å². The first-order chi connectivity index (χ1) is 11.2. The first-order valence-corrected chi connectivity index (χ1v) is 8.44. The lowest BCUT2D eigenvalue weighted by Gasteiger charge is -2.20. The van der Waals surface area contributed by atoms with Gasteiger partial charge >= 0.3 is 0 Å². The number of carbonyl (C=O) groups excluding carboxylic acids is 2. The number of Topliss-reactive ketones (excluding diaryl/α,β-unsaturated/α-hetero) is 1. The Balaban J connectivity index is 2.02. The van der Waals surface area contributed by atoms with Crippen LogP contribution in [0, 0.1) is 0 Å². The van der Waals surface area contributed by atoms with E-state index in [1.807, 2.05) is 20.8 Å². The van der Waals surface area contributed by atoms with Crippen molar-refractivity contribution in [3.8, 4) is 0 Å². The Labute approximate surface area is 145 Å². The molecule has 0 fully saturated rings. The van der Waals surface area contributed by atoms with E-state index < -0.39 is 0 Å². The van der Waals surface area contributed by atoms with Crippen LogP contribution in [0.1, 0.15) is 45.0 Å². The Kier molecular flexibility index (Phi) is 5.38. The van der Waals surface area contributed by atoms with Crippen molar-refractivity contribution in [3.05, 3.63) is 29.8 Å². The predicted molar refractivity (Wildman–Crippen MR) is 93.2 cm³/mol. The van der Waals surface area contributed by atoms with Gasteiger partial charge in [-0.1, -0.05) is 11.8 Å². The molecule has 0 aliphatic heterocycles. The van der Waals surface area contributed by atoms with Crippen LogP contribution in [0.25, 0.3) is 0 Å². The topological polar surface area (TPSA) is 89.8 Å². The number of ketones is 1. The summed E-state index contributed by atoms with van der Waals surface area (Å²) in [7, 11) is 0. The fourth-order valence-electron chi connectivity index (χ4n) is 1.92. The Hall–Kier alpha value is -2.22. The van der Waals surface area contributed by atoms with Crippen LogP contribution in [0.15, 0.2) is 29.4 Å². The average molecular weight is 347 g/mol. The van der Waals surface area contributed by atoms with Crippen LogP contribution in [0.2, 0.25) is 0 Å². The molecular weight excluding hydrogens is 326 g/mol. The summed E-state index contributed by atoms with van der Waals surface area (Å²) >= 11 is 1.30. The predicted octanol–water partition coefficient (Wildman–Crippen LogP) is 2.75. The molecule has 1 heterocycles. The molecule has 1 unspecified atom stereocenters. The molecule has 0 spiro atoms. The number of hydrogen-bond donors (Lipinski definition) is 1. The number of amides is 1. The van der Waals surface area contributed by atoms with Crippen molar-refractivity contribution >= 4 is 29.1 Å². The van der Waals surface area contributed by atoms with Crippen molar-refractivity contribution in [2.75, 3.05) is 5.32 Å². The minimum atomic E-state index is -0.371. The van der Waals surface area contributed by atoms with Gasteiger partial charge in [-0.15, -0.1) is 5.10 Å². The highest BCUT2D eigenvalue weighted by molar-refractivity contribution is 8.00. The van der Waals surface area contributed by atoms with Gasteiger partial charge in [0.05, 0.1) is 10.8 Å². The summed E-state index contributed by atoms with van der Waals surface area (Å²) in [5.74, 6) is -0.162. The number of carbonyl (C=O) groups is 2. The average Bonchev–Trinajstić information content (AvgIpc) is 2.96. The molecule has 24 heavy (non-hydrogen) atoms. The van der Waals surface area contributed by atoms with Crippen molar-refractivity contribution in [1.29, 1.82) is 0 Å². The van der Waals surface area contributed by atoms with Gasteiger partial charge in [-0.25, -0.2) is 4.68 Å². The largest absolute Gasteiger partial charge is 0.325 e. The smallest absolute Gasteiger partial charge is 0.237 e. The number of tetrazole rings is 1. The fourth-order valence-corrected chi connectivity index (χ4v) is 2.89. The van der Waals surface area contributed by atoms with Crippen LogP contribution in [-0.2, 0) is 10.3 Å². The van der Waals surface area contributed by atoms with Crippen LogP contribution in [0.4, 0.5) is 5.69 Å². The highest BCUT2D eigenvalue weighted by atomic mass is 32.2. The van der Waals surface area contributed by atoms with Gasteiger partial charge in [0.2, 0.25) is 11.1 Å². The molecule has 1 atom stereocenters. The minimum Gasteiger partial charge on any atom is -0.325 e. The second-order valence-electron chi connectivity index (χ2n) is 6.43. The molecule has 128 valence electrons. The van der Waals surface area contributed by atoms with Crippen LogP contribution in [0.3, 0.4) is 0 Å². The number of hydrogen-bond acceptors (Lipinski definition) is 6. The van der Waals surface area contributed by atoms with Gasteiger partial charge in [-0.2, -0.15) is 0 Å². The van der Waals surface area contributed by atoms with Crippen molar-refractivity contribution in [3.63, 3.8) is 0 Å². The number of rotatable bonds is 5. The lowest BCUT2D eigenvalue weighted by Crippen LogP contribution is -2.27. The van der Waals surface area contributed by atoms with Gasteiger partial charge in [0.25, 0.3) is 0 Å². The summed E-state index contributed by atoms with van der Waals surface area (Å²) in [6.45, 7) is 9.29. The molecular formula is C16H21N5O2S. The molecule has 1 aromatic carbocycles. The SMILES string of the molecule is CC(=O)c1ccc(NC(=O)C(C)Sc2nnnn2C(C)(C)C)cc1. The molecule has 2 rings (SSSR count). The Bertz CT molecular complexity index is 734. The monoisotopic (exact) mass is 347 g/mol. The quantitative estimate of drug-likeness (QED) is 0.661. The van der Waals surface area contributed by atoms with Crippen LogP contribution in [-0.4, -0.2) is 37.1 Å². The van der Waals surface area contributed by atoms with Gasteiger partial charge in [0.1, 0.15) is 0 Å². The second-order valence-corrected chi connectivity index (χ2v) is 7.73. The van der Waals surface area contributed by atoms with Crippen molar-refractivity contribution in [1.82, 2.24) is 20.2 Å². The molecule has 7 nitrogen and oxygen atoms in total. The van der Waals surface area contributed by atoms with E-state index in [-0.39, 0.29) is 22.5 Å². The number of benzene rings is 1. The van der Waals surface area contributed by atoms with E-state index in [1.165, 1.54) is 18.7 Å². The van der Waals surface area contributed by atoms with Crippen molar-refractivity contribution < 1.29 is 9.59 Å². The van der Waals surface area contributed by atoms with E-state index in [1.54, 1.807) is 35.9 Å². The molecule has 0 radical (unpaired) electrons. The molecule has 8 heteroatoms. The zero-order chi connectivity index (χ0) is 17.9. The van der Waals surface area contributed by atoms with E-state index in [0.717, 1.165) is 0 Å². The van der Waals surface area contributed by atoms with Crippen LogP contribution in [0.5, 0.6) is 0 Å². The van der Waals surface area contributed by atoms with Gasteiger partial charge in [0.15, 0.2) is 5.78 Å². The number of nitrogens with zero attached hydrogens (tertiary/aromatic N) is 4. The third-order valence-electron chi connectivity index (χ3n) is 3.29. The summed E-state index contributed by atoms with van der Waals surface area (Å²) in [5, 5.41) is 14.7. The molecule has 0 saturated carbocycles. The Morgan fingerprint density at radius 3 is 2.38 bits per heavy atom. The molecule has 0 aliphatic carbocycles. The van der Waals surface area contributed by atoms with Gasteiger partial charge in [-0.3, -0.25) is 9.59 Å². The third-order valence-corrected chi connectivity index (χ3v) is 4.32. The molecule has 0 aliphatic rings. The maximum atomic E-state index is 12.3. The highest BCUT2D eigenvalue weighted by Gasteiger charge is 2.24. The molecule has 0 bridgehead atoms. The molecule has 2 aromatic rings. The highest BCUT2D eigenvalue weighted by Crippen LogP contribution is 2.25. The number of nitrogens with one attached hydrogen (secondary N) is 1. The maximum Gasteiger partial charge on any atom is 0.237 e. The lowest BCUT2D eigenvalue weighted by molar-refractivity contribution is -0.115.